The minimum atomic E-state index is -3.76. The molecule has 1 heterocycles. The van der Waals surface area contributed by atoms with Crippen LogP contribution in [0.2, 0.25) is 10.0 Å². The van der Waals surface area contributed by atoms with Crippen molar-refractivity contribution in [2.45, 2.75) is 12.1 Å². The molecule has 1 aliphatic heterocycles. The van der Waals surface area contributed by atoms with Crippen molar-refractivity contribution in [3.8, 4) is 0 Å². The lowest BCUT2D eigenvalue weighted by molar-refractivity contribution is -0.120. The summed E-state index contributed by atoms with van der Waals surface area (Å²) in [5.41, 5.74) is 7.48. The third-order valence-corrected chi connectivity index (χ3v) is 8.86. The van der Waals surface area contributed by atoms with Crippen LogP contribution in [0, 0.1) is 5.92 Å². The number of likely N-dealkylation sites (tertiary alicyclic amines) is 1. The lowest BCUT2D eigenvalue weighted by Crippen LogP contribution is -2.51. The first-order chi connectivity index (χ1) is 18.9. The maximum Gasteiger partial charge on any atom is 0.252 e. The lowest BCUT2D eigenvalue weighted by Gasteiger charge is -2.44. The Labute approximate surface area is 250 Å². The maximum absolute atomic E-state index is 13.0. The Morgan fingerprint density at radius 1 is 1.00 bits per heavy atom. The molecule has 3 aromatic rings. The van der Waals surface area contributed by atoms with Gasteiger partial charge >= 0.3 is 0 Å². The molecule has 2 amide bonds. The molecule has 0 aromatic heterocycles. The number of anilines is 1. The van der Waals surface area contributed by atoms with Gasteiger partial charge in [0.15, 0.2) is 0 Å². The molecule has 1 saturated heterocycles. The summed E-state index contributed by atoms with van der Waals surface area (Å²) in [4.78, 5) is 26.1. The van der Waals surface area contributed by atoms with E-state index in [1.165, 1.54) is 18.2 Å². The first kappa shape index (κ1) is 30.3. The SMILES string of the molecule is NC(=O)[C@H](CO)NC(=O)c1cc(Br)cc(NS(=O)(=O)CC2CN(C(c3ccc(Cl)cc3)c3ccc(Cl)cc3)C2)c1. The molecular formula is C27H27BrCl2N4O5S. The Balaban J connectivity index is 1.43. The number of amides is 2. The molecule has 4 rings (SSSR count). The van der Waals surface area contributed by atoms with Gasteiger partial charge in [-0.15, -0.1) is 0 Å². The standard InChI is InChI=1S/C27H27BrCl2N4O5S/c28-20-9-19(27(37)32-24(14-35)26(31)36)10-23(11-20)33-40(38,39)15-16-12-34(13-16)25(17-1-5-21(29)6-2-17)18-3-7-22(30)8-4-18/h1-11,16,24-25,33,35H,12-15H2,(H2,31,36)(H,32,37)/t24-/m0/s1. The zero-order valence-electron chi connectivity index (χ0n) is 21.1. The second-order valence-corrected chi connectivity index (χ2v) is 13.1. The number of benzene rings is 3. The number of nitrogens with two attached hydrogens (primary N) is 1. The Hall–Kier alpha value is -2.67. The van der Waals surface area contributed by atoms with Crippen LogP contribution in [0.4, 0.5) is 5.69 Å². The monoisotopic (exact) mass is 668 g/mol. The van der Waals surface area contributed by atoms with Crippen molar-refractivity contribution >= 4 is 66.7 Å². The largest absolute Gasteiger partial charge is 0.394 e. The van der Waals surface area contributed by atoms with Crippen LogP contribution in [0.3, 0.4) is 0 Å². The van der Waals surface area contributed by atoms with Gasteiger partial charge in [-0.2, -0.15) is 0 Å². The molecule has 0 saturated carbocycles. The fourth-order valence-electron chi connectivity index (χ4n) is 4.59. The van der Waals surface area contributed by atoms with E-state index in [9.17, 15) is 23.1 Å². The molecule has 0 bridgehead atoms. The molecule has 9 nitrogen and oxygen atoms in total. The van der Waals surface area contributed by atoms with Crippen molar-refractivity contribution in [1.82, 2.24) is 10.2 Å². The third-order valence-electron chi connectivity index (χ3n) is 6.44. The molecular weight excluding hydrogens is 643 g/mol. The Morgan fingerprint density at radius 3 is 2.05 bits per heavy atom. The van der Waals surface area contributed by atoms with Gasteiger partial charge in [-0.25, -0.2) is 8.42 Å². The molecule has 0 spiro atoms. The number of hydrogen-bond donors (Lipinski definition) is 4. The van der Waals surface area contributed by atoms with E-state index in [-0.39, 0.29) is 29.0 Å². The van der Waals surface area contributed by atoms with E-state index in [4.69, 9.17) is 28.9 Å². The lowest BCUT2D eigenvalue weighted by atomic mass is 9.91. The number of nitrogens with zero attached hydrogens (tertiary/aromatic N) is 1. The molecule has 1 aliphatic rings. The number of halogens is 3. The number of carbonyl (C=O) groups is 2. The molecule has 13 heteroatoms. The number of nitrogens with one attached hydrogen (secondary N) is 2. The van der Waals surface area contributed by atoms with Gasteiger partial charge in [0.1, 0.15) is 6.04 Å². The summed E-state index contributed by atoms with van der Waals surface area (Å²) in [7, 11) is -3.76. The average Bonchev–Trinajstić information content (AvgIpc) is 2.86. The fraction of sp³-hybridized carbons (Fsp3) is 0.259. The van der Waals surface area contributed by atoms with E-state index in [2.05, 4.69) is 30.9 Å². The van der Waals surface area contributed by atoms with Crippen molar-refractivity contribution in [3.05, 3.63) is 97.9 Å². The van der Waals surface area contributed by atoms with Gasteiger partial charge < -0.3 is 16.2 Å². The molecule has 0 aliphatic carbocycles. The summed E-state index contributed by atoms with van der Waals surface area (Å²) < 4.78 is 29.0. The number of hydrogen-bond acceptors (Lipinski definition) is 6. The van der Waals surface area contributed by atoms with Gasteiger partial charge in [0.2, 0.25) is 15.9 Å². The van der Waals surface area contributed by atoms with Gasteiger partial charge in [0, 0.05) is 39.1 Å². The number of aliphatic hydroxyl groups is 1. The fourth-order valence-corrected chi connectivity index (χ4v) is 6.73. The van der Waals surface area contributed by atoms with Crippen molar-refractivity contribution < 1.29 is 23.1 Å². The molecule has 5 N–H and O–H groups in total. The van der Waals surface area contributed by atoms with Crippen molar-refractivity contribution in [2.75, 3.05) is 30.2 Å². The van der Waals surface area contributed by atoms with Gasteiger partial charge in [0.25, 0.3) is 5.91 Å². The minimum absolute atomic E-state index is 0.0790. The summed E-state index contributed by atoms with van der Waals surface area (Å²) >= 11 is 15.5. The van der Waals surface area contributed by atoms with Crippen LogP contribution < -0.4 is 15.8 Å². The molecule has 40 heavy (non-hydrogen) atoms. The van der Waals surface area contributed by atoms with E-state index < -0.39 is 34.5 Å². The Kier molecular flexibility index (Phi) is 9.76. The summed E-state index contributed by atoms with van der Waals surface area (Å²) in [6, 6.07) is 18.1. The van der Waals surface area contributed by atoms with E-state index in [1.54, 1.807) is 0 Å². The van der Waals surface area contributed by atoms with E-state index in [0.717, 1.165) is 11.1 Å². The predicted molar refractivity (Wildman–Crippen MR) is 159 cm³/mol. The molecule has 1 fully saturated rings. The van der Waals surface area contributed by atoms with Crippen LogP contribution in [-0.2, 0) is 14.8 Å². The van der Waals surface area contributed by atoms with Crippen LogP contribution in [0.15, 0.2) is 71.2 Å². The summed E-state index contributed by atoms with van der Waals surface area (Å²) in [5, 5.41) is 12.8. The van der Waals surface area contributed by atoms with Crippen LogP contribution in [0.1, 0.15) is 27.5 Å². The summed E-state index contributed by atoms with van der Waals surface area (Å²) in [6.45, 7) is 0.446. The molecule has 0 radical (unpaired) electrons. The highest BCUT2D eigenvalue weighted by Crippen LogP contribution is 2.36. The van der Waals surface area contributed by atoms with Crippen molar-refractivity contribution in [3.63, 3.8) is 0 Å². The molecule has 0 unspecified atom stereocenters. The van der Waals surface area contributed by atoms with Gasteiger partial charge in [-0.1, -0.05) is 63.4 Å². The highest BCUT2D eigenvalue weighted by atomic mass is 79.9. The predicted octanol–water partition coefficient (Wildman–Crippen LogP) is 3.80. The smallest absolute Gasteiger partial charge is 0.252 e. The van der Waals surface area contributed by atoms with E-state index in [1.807, 2.05) is 48.5 Å². The Bertz CT molecular complexity index is 1440. The van der Waals surface area contributed by atoms with Crippen LogP contribution >= 0.6 is 39.1 Å². The molecule has 212 valence electrons. The number of aliphatic hydroxyl groups excluding tert-OH is 1. The van der Waals surface area contributed by atoms with E-state index in [0.29, 0.717) is 27.6 Å². The average molecular weight is 670 g/mol. The van der Waals surface area contributed by atoms with Crippen LogP contribution in [0.25, 0.3) is 0 Å². The zero-order chi connectivity index (χ0) is 29.0. The Morgan fingerprint density at radius 2 is 1.55 bits per heavy atom. The van der Waals surface area contributed by atoms with Gasteiger partial charge in [0.05, 0.1) is 24.1 Å². The first-order valence-electron chi connectivity index (χ1n) is 12.2. The summed E-state index contributed by atoms with van der Waals surface area (Å²) in [5.74, 6) is -1.81. The first-order valence-corrected chi connectivity index (χ1v) is 15.4. The van der Waals surface area contributed by atoms with Crippen LogP contribution in [-0.4, -0.2) is 61.7 Å². The second-order valence-electron chi connectivity index (χ2n) is 9.55. The highest BCUT2D eigenvalue weighted by Gasteiger charge is 2.36. The zero-order valence-corrected chi connectivity index (χ0v) is 25.0. The molecule has 1 atom stereocenters. The quantitative estimate of drug-likeness (QED) is 0.245. The maximum atomic E-state index is 13.0. The van der Waals surface area contributed by atoms with Crippen molar-refractivity contribution in [2.24, 2.45) is 11.7 Å². The third kappa shape index (κ3) is 7.74. The number of rotatable bonds is 11. The van der Waals surface area contributed by atoms with E-state index >= 15 is 0 Å². The number of primary amides is 1. The van der Waals surface area contributed by atoms with Gasteiger partial charge in [-0.05, 0) is 53.6 Å². The number of sulfonamides is 1. The van der Waals surface area contributed by atoms with Gasteiger partial charge in [-0.3, -0.25) is 19.2 Å². The van der Waals surface area contributed by atoms with Crippen molar-refractivity contribution in [1.29, 1.82) is 0 Å². The normalized spacial score (nSPS) is 14.9. The highest BCUT2D eigenvalue weighted by molar-refractivity contribution is 9.10. The topological polar surface area (TPSA) is 142 Å². The molecule has 3 aromatic carbocycles. The summed E-state index contributed by atoms with van der Waals surface area (Å²) in [6.07, 6.45) is 0. The van der Waals surface area contributed by atoms with Crippen LogP contribution in [0.5, 0.6) is 0 Å². The number of carbonyl (C=O) groups excluding carboxylic acids is 2. The second kappa shape index (κ2) is 12.9. The minimum Gasteiger partial charge on any atom is -0.394 e.